The molecule has 0 atom stereocenters. The quantitative estimate of drug-likeness (QED) is 0.166. The molecule has 3 nitrogen and oxygen atoms in total. The van der Waals surface area contributed by atoms with Crippen LogP contribution in [0.5, 0.6) is 0 Å². The van der Waals surface area contributed by atoms with Crippen molar-refractivity contribution in [3.63, 3.8) is 0 Å². The van der Waals surface area contributed by atoms with Gasteiger partial charge in [0.2, 0.25) is 0 Å². The molecule has 0 bridgehead atoms. The van der Waals surface area contributed by atoms with E-state index in [1.54, 1.807) is 41.8 Å². The topological polar surface area (TPSA) is 38.9 Å². The number of aryl methyl sites for hydroxylation is 1. The number of furan rings is 1. The number of rotatable bonds is 4. The third-order valence-electron chi connectivity index (χ3n) is 8.15. The summed E-state index contributed by atoms with van der Waals surface area (Å²) in [4.78, 5) is 8.75. The predicted octanol–water partition coefficient (Wildman–Crippen LogP) is 12.0. The molecule has 237 valence electrons. The Kier molecular flexibility index (Phi) is 7.37. The molecular formula is C43H32IrN2OS-2. The van der Waals surface area contributed by atoms with Crippen LogP contribution in [0.15, 0.2) is 126 Å². The molecule has 1 radical (unpaired) electrons. The van der Waals surface area contributed by atoms with Gasteiger partial charge in [0.15, 0.2) is 0 Å². The fourth-order valence-corrected chi connectivity index (χ4v) is 7.41. The summed E-state index contributed by atoms with van der Waals surface area (Å²) in [5, 5.41) is 6.90. The Morgan fingerprint density at radius 1 is 0.750 bits per heavy atom. The minimum atomic E-state index is -2.09. The first kappa shape index (κ1) is 26.3. The minimum Gasteiger partial charge on any atom is -0.455 e. The Labute approximate surface area is 304 Å². The van der Waals surface area contributed by atoms with Gasteiger partial charge in [-0.1, -0.05) is 73.3 Å². The molecule has 5 aromatic carbocycles. The number of hydrogen-bond donors (Lipinski definition) is 0. The second-order valence-corrected chi connectivity index (χ2v) is 12.7. The Bertz CT molecular complexity index is 2740. The Hall–Kier alpha value is -4.67. The van der Waals surface area contributed by atoms with Gasteiger partial charge in [-0.3, -0.25) is 0 Å². The summed E-state index contributed by atoms with van der Waals surface area (Å²) in [6.45, 7) is 1.72. The largest absolute Gasteiger partial charge is 0.455 e. The van der Waals surface area contributed by atoms with Crippen LogP contribution in [0.4, 0.5) is 0 Å². The molecule has 0 unspecified atom stereocenters. The second kappa shape index (κ2) is 13.4. The zero-order valence-electron chi connectivity index (χ0n) is 31.2. The Balaban J connectivity index is 0.000000216. The van der Waals surface area contributed by atoms with Crippen LogP contribution in [0.3, 0.4) is 0 Å². The molecule has 0 aliphatic heterocycles. The first-order valence-electron chi connectivity index (χ1n) is 18.0. The molecule has 0 aliphatic carbocycles. The molecule has 5 heteroatoms. The van der Waals surface area contributed by atoms with Crippen molar-refractivity contribution >= 4 is 64.2 Å². The van der Waals surface area contributed by atoms with E-state index in [0.717, 1.165) is 59.9 Å². The van der Waals surface area contributed by atoms with Gasteiger partial charge < -0.3 is 14.4 Å². The number of para-hydroxylation sites is 1. The van der Waals surface area contributed by atoms with Crippen molar-refractivity contribution in [2.24, 2.45) is 5.92 Å². The molecule has 0 spiro atoms. The van der Waals surface area contributed by atoms with Crippen LogP contribution in [-0.4, -0.2) is 9.97 Å². The number of aromatic nitrogens is 2. The van der Waals surface area contributed by atoms with Crippen molar-refractivity contribution in [3.8, 4) is 22.5 Å². The third-order valence-corrected chi connectivity index (χ3v) is 9.43. The maximum atomic E-state index is 8.55. The van der Waals surface area contributed by atoms with E-state index in [1.165, 1.54) is 21.7 Å². The summed E-state index contributed by atoms with van der Waals surface area (Å²) in [5.41, 5.74) is 5.98. The molecule has 9 aromatic rings. The summed E-state index contributed by atoms with van der Waals surface area (Å²) >= 11 is 1.74. The van der Waals surface area contributed by atoms with Crippen molar-refractivity contribution in [2.75, 3.05) is 0 Å². The zero-order valence-corrected chi connectivity index (χ0v) is 29.4. The third kappa shape index (κ3) is 5.95. The van der Waals surface area contributed by atoms with Gasteiger partial charge in [-0.05, 0) is 70.4 Å². The normalized spacial score (nSPS) is 13.4. The molecule has 9 rings (SSSR count). The van der Waals surface area contributed by atoms with E-state index in [0.29, 0.717) is 5.56 Å². The molecule has 0 saturated heterocycles. The van der Waals surface area contributed by atoms with Gasteiger partial charge in [0.1, 0.15) is 11.2 Å². The zero-order chi connectivity index (χ0) is 36.2. The smallest absolute Gasteiger partial charge is 0.143 e. The van der Waals surface area contributed by atoms with Crippen molar-refractivity contribution in [1.82, 2.24) is 9.97 Å². The van der Waals surface area contributed by atoms with Crippen molar-refractivity contribution in [2.45, 2.75) is 27.1 Å². The molecular weight excluding hydrogens is 785 g/mol. The van der Waals surface area contributed by atoms with E-state index >= 15 is 0 Å². The fourth-order valence-electron chi connectivity index (χ4n) is 6.07. The van der Waals surface area contributed by atoms with Crippen LogP contribution in [0.1, 0.15) is 31.8 Å². The van der Waals surface area contributed by atoms with Crippen LogP contribution in [-0.2, 0) is 26.5 Å². The van der Waals surface area contributed by atoms with Crippen LogP contribution >= 0.6 is 11.3 Å². The molecule has 0 amide bonds. The number of thiophene rings is 1. The molecule has 48 heavy (non-hydrogen) atoms. The van der Waals surface area contributed by atoms with Crippen LogP contribution in [0.2, 0.25) is 0 Å². The minimum absolute atomic E-state index is 0. The van der Waals surface area contributed by atoms with Gasteiger partial charge in [-0.15, -0.1) is 59.7 Å². The van der Waals surface area contributed by atoms with Crippen LogP contribution < -0.4 is 0 Å². The Morgan fingerprint density at radius 2 is 1.52 bits per heavy atom. The monoisotopic (exact) mass is 822 g/mol. The van der Waals surface area contributed by atoms with Crippen LogP contribution in [0.25, 0.3) is 75.4 Å². The van der Waals surface area contributed by atoms with E-state index in [4.69, 9.17) is 11.3 Å². The molecule has 0 fully saturated rings. The summed E-state index contributed by atoms with van der Waals surface area (Å²) in [7, 11) is 0. The molecule has 0 aliphatic rings. The van der Waals surface area contributed by atoms with E-state index in [1.807, 2.05) is 62.4 Å². The van der Waals surface area contributed by atoms with E-state index in [9.17, 15) is 0 Å². The van der Waals surface area contributed by atoms with Gasteiger partial charge in [-0.25, -0.2) is 0 Å². The van der Waals surface area contributed by atoms with Crippen molar-refractivity contribution in [1.29, 1.82) is 0 Å². The van der Waals surface area contributed by atoms with E-state index in [-0.39, 0.29) is 31.6 Å². The van der Waals surface area contributed by atoms with Crippen LogP contribution in [0, 0.1) is 24.9 Å². The average Bonchev–Trinajstić information content (AvgIpc) is 3.74. The number of hydrogen-bond acceptors (Lipinski definition) is 4. The maximum Gasteiger partial charge on any atom is 0.143 e. The number of pyridine rings is 2. The Morgan fingerprint density at radius 3 is 2.29 bits per heavy atom. The van der Waals surface area contributed by atoms with Gasteiger partial charge in [-0.2, -0.15) is 11.3 Å². The van der Waals surface area contributed by atoms with Gasteiger partial charge in [0.25, 0.3) is 0 Å². The molecule has 0 N–H and O–H groups in total. The predicted molar refractivity (Wildman–Crippen MR) is 198 cm³/mol. The van der Waals surface area contributed by atoms with Crippen molar-refractivity contribution in [3.05, 3.63) is 145 Å². The van der Waals surface area contributed by atoms with Crippen molar-refractivity contribution < 1.29 is 31.4 Å². The molecule has 4 heterocycles. The second-order valence-electron chi connectivity index (χ2n) is 11.7. The van der Waals surface area contributed by atoms with Gasteiger partial charge in [0.05, 0.1) is 0 Å². The average molecular weight is 822 g/mol. The number of fused-ring (bicyclic) bond motifs is 9. The summed E-state index contributed by atoms with van der Waals surface area (Å²) < 4.78 is 47.4. The first-order chi connectivity index (χ1) is 25.0. The SMILES string of the molecule is [2H]C([2H])([2H])c1ccc(-c2[c-]cccc2)nc1.[2H]C([2H])(c1ccnc(-c2[c-]ccc3c2sc2c3ccc3c2ccc2c4ccccc4oc23)c1)C(C)C.[Ir]. The summed E-state index contributed by atoms with van der Waals surface area (Å²) in [6.07, 6.45) is 1.67. The molecule has 4 aromatic heterocycles. The number of nitrogens with zero attached hydrogens (tertiary/aromatic N) is 2. The number of benzene rings is 5. The fraction of sp³-hybridized carbons (Fsp3) is 0.116. The summed E-state index contributed by atoms with van der Waals surface area (Å²) in [6, 6.07) is 41.8. The van der Waals surface area contributed by atoms with Gasteiger partial charge in [0, 0.05) is 65.6 Å². The van der Waals surface area contributed by atoms with E-state index < -0.39 is 13.2 Å². The van der Waals surface area contributed by atoms with Gasteiger partial charge >= 0.3 is 0 Å². The maximum absolute atomic E-state index is 8.55. The standard InChI is InChI=1S/C31H22NOS.C12H10N.Ir/c1-18(2)16-19-14-15-32-27(17-19)26-8-5-7-23-25-13-11-22-24(30(25)34-31(23)26)12-10-21-20-6-3-4-9-28(20)33-29(21)22;1-10-7-8-12(13-9-10)11-5-3-2-4-6-11;/h3-7,9-15,17-18H,16H2,1-2H3;2-5,7-9H,1H3;/q2*-1;/i16D2;1D3;. The van der Waals surface area contributed by atoms with E-state index in [2.05, 4.69) is 58.5 Å². The molecule has 0 saturated carbocycles. The summed E-state index contributed by atoms with van der Waals surface area (Å²) in [5.74, 6) is -0.140. The first-order valence-corrected chi connectivity index (χ1v) is 16.3.